The van der Waals surface area contributed by atoms with Gasteiger partial charge in [-0.3, -0.25) is 9.48 Å². The molecular weight excluding hydrogens is 468 g/mol. The molecule has 1 aromatic carbocycles. The van der Waals surface area contributed by atoms with Crippen molar-refractivity contribution >= 4 is 21.1 Å². The number of hydrogen-bond acceptors (Lipinski definition) is 7. The number of aromatic amines is 1. The van der Waals surface area contributed by atoms with E-state index in [0.29, 0.717) is 41.8 Å². The maximum Gasteiger partial charge on any atom is 0.277 e. The van der Waals surface area contributed by atoms with E-state index in [1.54, 1.807) is 13.1 Å². The Morgan fingerprint density at radius 3 is 2.63 bits per heavy atom. The van der Waals surface area contributed by atoms with Crippen LogP contribution in [0.15, 0.2) is 27.9 Å². The second-order valence-corrected chi connectivity index (χ2v) is 10.8. The third-order valence-corrected chi connectivity index (χ3v) is 7.18. The number of ether oxygens (including phenoxy) is 1. The molecule has 35 heavy (non-hydrogen) atoms. The predicted octanol–water partition coefficient (Wildman–Crippen LogP) is 2.68. The molecule has 192 valence electrons. The van der Waals surface area contributed by atoms with Gasteiger partial charge in [0.1, 0.15) is 17.1 Å². The molecule has 0 amide bonds. The number of hydrogen-bond donors (Lipinski definition) is 2. The number of rotatable bonds is 12. The molecule has 0 aliphatic carbocycles. The van der Waals surface area contributed by atoms with Crippen LogP contribution in [0.2, 0.25) is 0 Å². The molecule has 0 fully saturated rings. The van der Waals surface area contributed by atoms with Crippen molar-refractivity contribution in [2.45, 2.75) is 57.4 Å². The topological polar surface area (TPSA) is 122 Å². The predicted molar refractivity (Wildman–Crippen MR) is 137 cm³/mol. The molecular formula is C24H36N6O4S. The van der Waals surface area contributed by atoms with Crippen molar-refractivity contribution < 1.29 is 13.2 Å². The molecule has 0 saturated heterocycles. The first-order valence-electron chi connectivity index (χ1n) is 12.0. The normalized spacial score (nSPS) is 13.0. The highest BCUT2D eigenvalue weighted by molar-refractivity contribution is 7.89. The molecule has 2 N–H and O–H groups in total. The number of nitrogens with one attached hydrogen (secondary N) is 2. The van der Waals surface area contributed by atoms with Crippen molar-refractivity contribution in [3.05, 3.63) is 34.2 Å². The average molecular weight is 505 g/mol. The van der Waals surface area contributed by atoms with Crippen LogP contribution in [0, 0.1) is 0 Å². The highest BCUT2D eigenvalue weighted by Crippen LogP contribution is 2.31. The van der Waals surface area contributed by atoms with E-state index in [1.807, 2.05) is 39.8 Å². The van der Waals surface area contributed by atoms with E-state index in [9.17, 15) is 13.2 Å². The largest absolute Gasteiger partial charge is 0.493 e. The Morgan fingerprint density at radius 2 is 1.97 bits per heavy atom. The summed E-state index contributed by atoms with van der Waals surface area (Å²) in [6.45, 7) is 7.06. The third-order valence-electron chi connectivity index (χ3n) is 5.59. The minimum absolute atomic E-state index is 0.0794. The molecule has 0 radical (unpaired) electrons. The second kappa shape index (κ2) is 11.3. The monoisotopic (exact) mass is 504 g/mol. The molecule has 1 atom stereocenters. The van der Waals surface area contributed by atoms with E-state index in [-0.39, 0.29) is 22.3 Å². The van der Waals surface area contributed by atoms with Crippen LogP contribution >= 0.6 is 0 Å². The van der Waals surface area contributed by atoms with Crippen LogP contribution in [0.25, 0.3) is 22.4 Å². The average Bonchev–Trinajstić information content (AvgIpc) is 3.11. The molecule has 2 aromatic heterocycles. The summed E-state index contributed by atoms with van der Waals surface area (Å²) in [5.41, 5.74) is 1.69. The van der Waals surface area contributed by atoms with E-state index < -0.39 is 10.0 Å². The Hall–Kier alpha value is -2.76. The Kier molecular flexibility index (Phi) is 8.68. The SMILES string of the molecule is CCCOc1ccc(S(=O)(=O)NC(C)CCN(C)C)cc1-c1nc2c(CCC)nn(C)c2c(=O)[nH]1. The Morgan fingerprint density at radius 1 is 1.23 bits per heavy atom. The van der Waals surface area contributed by atoms with Gasteiger partial charge in [-0.2, -0.15) is 5.10 Å². The number of H-pyrrole nitrogens is 1. The van der Waals surface area contributed by atoms with E-state index >= 15 is 0 Å². The fourth-order valence-electron chi connectivity index (χ4n) is 3.82. The van der Waals surface area contributed by atoms with E-state index in [1.165, 1.54) is 16.8 Å². The number of fused-ring (bicyclic) bond motifs is 1. The zero-order chi connectivity index (χ0) is 25.8. The van der Waals surface area contributed by atoms with Crippen LogP contribution < -0.4 is 15.0 Å². The molecule has 0 saturated carbocycles. The summed E-state index contributed by atoms with van der Waals surface area (Å²) in [5, 5.41) is 4.46. The summed E-state index contributed by atoms with van der Waals surface area (Å²) in [6.07, 6.45) is 2.97. The maximum atomic E-state index is 13.1. The number of sulfonamides is 1. The van der Waals surface area contributed by atoms with Gasteiger partial charge in [0.25, 0.3) is 5.56 Å². The molecule has 0 bridgehead atoms. The highest BCUT2D eigenvalue weighted by Gasteiger charge is 2.22. The van der Waals surface area contributed by atoms with E-state index in [4.69, 9.17) is 9.72 Å². The van der Waals surface area contributed by atoms with E-state index in [0.717, 1.165) is 25.1 Å². The lowest BCUT2D eigenvalue weighted by molar-refractivity contribution is 0.318. The minimum atomic E-state index is -3.80. The zero-order valence-corrected chi connectivity index (χ0v) is 22.2. The lowest BCUT2D eigenvalue weighted by atomic mass is 10.1. The molecule has 0 aliphatic heterocycles. The van der Waals surface area contributed by atoms with Crippen LogP contribution in [0.5, 0.6) is 5.75 Å². The lowest BCUT2D eigenvalue weighted by Gasteiger charge is -2.18. The second-order valence-electron chi connectivity index (χ2n) is 9.05. The summed E-state index contributed by atoms with van der Waals surface area (Å²) in [7, 11) is 1.80. The van der Waals surface area contributed by atoms with Crippen molar-refractivity contribution in [3.8, 4) is 17.1 Å². The Bertz CT molecular complexity index is 1330. The van der Waals surface area contributed by atoms with Gasteiger partial charge in [-0.15, -0.1) is 0 Å². The lowest BCUT2D eigenvalue weighted by Crippen LogP contribution is -2.34. The fourth-order valence-corrected chi connectivity index (χ4v) is 5.13. The zero-order valence-electron chi connectivity index (χ0n) is 21.4. The molecule has 1 unspecified atom stereocenters. The van der Waals surface area contributed by atoms with Gasteiger partial charge in [0.2, 0.25) is 10.0 Å². The molecule has 0 aliphatic rings. The van der Waals surface area contributed by atoms with Gasteiger partial charge in [-0.05, 0) is 65.0 Å². The van der Waals surface area contributed by atoms with Gasteiger partial charge < -0.3 is 14.6 Å². The summed E-state index contributed by atoms with van der Waals surface area (Å²) in [4.78, 5) is 22.6. The van der Waals surface area contributed by atoms with Gasteiger partial charge in [-0.1, -0.05) is 20.3 Å². The standard InChI is InChI=1S/C24H36N6O4S/c1-7-9-19-21-22(30(6)27-19)24(31)26-23(25-21)18-15-17(10-11-20(18)34-14-8-2)35(32,33)28-16(3)12-13-29(4)5/h10-11,15-16,28H,7-9,12-14H2,1-6H3,(H,25,26,31). The first-order valence-corrected chi connectivity index (χ1v) is 13.5. The van der Waals surface area contributed by atoms with Gasteiger partial charge in [0.15, 0.2) is 5.52 Å². The summed E-state index contributed by atoms with van der Waals surface area (Å²) in [6, 6.07) is 4.39. The highest BCUT2D eigenvalue weighted by atomic mass is 32.2. The number of benzene rings is 1. The first kappa shape index (κ1) is 26.8. The summed E-state index contributed by atoms with van der Waals surface area (Å²) >= 11 is 0. The quantitative estimate of drug-likeness (QED) is 0.389. The van der Waals surface area contributed by atoms with E-state index in [2.05, 4.69) is 14.8 Å². The molecule has 10 nitrogen and oxygen atoms in total. The fraction of sp³-hybridized carbons (Fsp3) is 0.542. The smallest absolute Gasteiger partial charge is 0.277 e. The van der Waals surface area contributed by atoms with Crippen molar-refractivity contribution in [2.75, 3.05) is 27.2 Å². The molecule has 3 rings (SSSR count). The molecule has 0 spiro atoms. The third kappa shape index (κ3) is 6.28. The van der Waals surface area contributed by atoms with Gasteiger partial charge in [0.05, 0.1) is 22.8 Å². The van der Waals surface area contributed by atoms with Crippen molar-refractivity contribution in [3.63, 3.8) is 0 Å². The van der Waals surface area contributed by atoms with Gasteiger partial charge in [-0.25, -0.2) is 18.1 Å². The summed E-state index contributed by atoms with van der Waals surface area (Å²) < 4.78 is 36.4. The van der Waals surface area contributed by atoms with Crippen LogP contribution in [0.3, 0.4) is 0 Å². The van der Waals surface area contributed by atoms with Crippen molar-refractivity contribution in [2.24, 2.45) is 7.05 Å². The van der Waals surface area contributed by atoms with Crippen LogP contribution in [-0.2, 0) is 23.5 Å². The van der Waals surface area contributed by atoms with Crippen molar-refractivity contribution in [1.82, 2.24) is 29.4 Å². The molecule has 2 heterocycles. The van der Waals surface area contributed by atoms with Crippen molar-refractivity contribution in [1.29, 1.82) is 0 Å². The first-order chi connectivity index (χ1) is 16.6. The Labute approximate surface area is 206 Å². The number of aromatic nitrogens is 4. The Balaban J connectivity index is 2.10. The summed E-state index contributed by atoms with van der Waals surface area (Å²) in [5.74, 6) is 0.701. The van der Waals surface area contributed by atoms with Gasteiger partial charge >= 0.3 is 0 Å². The number of nitrogens with zero attached hydrogens (tertiary/aromatic N) is 4. The maximum absolute atomic E-state index is 13.1. The van der Waals surface area contributed by atoms with Crippen LogP contribution in [0.4, 0.5) is 0 Å². The minimum Gasteiger partial charge on any atom is -0.493 e. The van der Waals surface area contributed by atoms with Crippen LogP contribution in [-0.4, -0.2) is 66.4 Å². The molecule has 11 heteroatoms. The molecule has 3 aromatic rings. The number of aryl methyl sites for hydroxylation is 2. The van der Waals surface area contributed by atoms with Gasteiger partial charge in [0, 0.05) is 13.1 Å². The van der Waals surface area contributed by atoms with Crippen LogP contribution in [0.1, 0.15) is 45.7 Å².